The van der Waals surface area contributed by atoms with E-state index in [0.29, 0.717) is 23.5 Å². The zero-order valence-electron chi connectivity index (χ0n) is 17.8. The number of piperidine rings is 1. The maximum absolute atomic E-state index is 13.2. The second-order valence-corrected chi connectivity index (χ2v) is 7.54. The highest BCUT2D eigenvalue weighted by molar-refractivity contribution is 5.95. The summed E-state index contributed by atoms with van der Waals surface area (Å²) in [5, 5.41) is 5.26. The Labute approximate surface area is 184 Å². The number of halogens is 3. The molecule has 0 atom stereocenters. The lowest BCUT2D eigenvalue weighted by Gasteiger charge is -2.31. The van der Waals surface area contributed by atoms with Crippen LogP contribution in [0.25, 0.3) is 0 Å². The highest BCUT2D eigenvalue weighted by atomic mass is 19.4. The van der Waals surface area contributed by atoms with Gasteiger partial charge in [0.2, 0.25) is 5.91 Å². The largest absolute Gasteiger partial charge is 0.484 e. The molecule has 9 heteroatoms. The maximum atomic E-state index is 13.2. The molecule has 1 saturated heterocycles. The number of amides is 2. The fourth-order valence-electron chi connectivity index (χ4n) is 3.47. The average Bonchev–Trinajstić information content (AvgIpc) is 2.78. The van der Waals surface area contributed by atoms with Crippen LogP contribution in [0.4, 0.5) is 30.2 Å². The highest BCUT2D eigenvalue weighted by Crippen LogP contribution is 2.36. The predicted molar refractivity (Wildman–Crippen MR) is 117 cm³/mol. The number of rotatable bonds is 7. The zero-order chi connectivity index (χ0) is 23.1. The van der Waals surface area contributed by atoms with Crippen LogP contribution in [0.3, 0.4) is 0 Å². The van der Waals surface area contributed by atoms with E-state index in [1.807, 2.05) is 4.90 Å². The van der Waals surface area contributed by atoms with E-state index < -0.39 is 17.6 Å². The van der Waals surface area contributed by atoms with Crippen LogP contribution in [0.5, 0.6) is 5.75 Å². The first-order valence-electron chi connectivity index (χ1n) is 10.5. The quantitative estimate of drug-likeness (QED) is 0.620. The summed E-state index contributed by atoms with van der Waals surface area (Å²) in [6, 6.07) is 9.95. The molecule has 172 valence electrons. The molecule has 0 aliphatic carbocycles. The molecule has 2 aromatic rings. The van der Waals surface area contributed by atoms with Gasteiger partial charge in [-0.05, 0) is 49.6 Å². The van der Waals surface area contributed by atoms with Gasteiger partial charge in [-0.2, -0.15) is 13.2 Å². The third kappa shape index (κ3) is 6.38. The van der Waals surface area contributed by atoms with Gasteiger partial charge in [0.25, 0.3) is 5.91 Å². The van der Waals surface area contributed by atoms with Crippen LogP contribution in [0.15, 0.2) is 42.5 Å². The molecular weight excluding hydrogens is 423 g/mol. The molecule has 0 saturated carbocycles. The molecule has 0 aromatic heterocycles. The number of anilines is 3. The molecule has 32 heavy (non-hydrogen) atoms. The molecule has 6 nitrogen and oxygen atoms in total. The number of carbonyl (C=O) groups is 2. The highest BCUT2D eigenvalue weighted by Gasteiger charge is 2.32. The third-order valence-electron chi connectivity index (χ3n) is 5.10. The van der Waals surface area contributed by atoms with E-state index in [4.69, 9.17) is 4.74 Å². The topological polar surface area (TPSA) is 70.7 Å². The van der Waals surface area contributed by atoms with Gasteiger partial charge in [-0.1, -0.05) is 13.0 Å². The molecule has 0 spiro atoms. The Bertz CT molecular complexity index is 957. The first-order chi connectivity index (χ1) is 15.3. The summed E-state index contributed by atoms with van der Waals surface area (Å²) in [6.45, 7) is 2.79. The number of nitrogens with zero attached hydrogens (tertiary/aromatic N) is 1. The van der Waals surface area contributed by atoms with Crippen LogP contribution >= 0.6 is 0 Å². The Hall–Kier alpha value is -3.23. The number of ether oxygens (including phenoxy) is 1. The van der Waals surface area contributed by atoms with Crippen molar-refractivity contribution in [1.82, 2.24) is 0 Å². The fraction of sp³-hybridized carbons (Fsp3) is 0.391. The fourth-order valence-corrected chi connectivity index (χ4v) is 3.47. The van der Waals surface area contributed by atoms with Crippen molar-refractivity contribution in [3.8, 4) is 5.75 Å². The van der Waals surface area contributed by atoms with E-state index in [-0.39, 0.29) is 18.2 Å². The summed E-state index contributed by atoms with van der Waals surface area (Å²) < 4.78 is 45.1. The minimum Gasteiger partial charge on any atom is -0.484 e. The summed E-state index contributed by atoms with van der Waals surface area (Å²) in [4.78, 5) is 26.0. The second kappa shape index (κ2) is 10.4. The van der Waals surface area contributed by atoms with E-state index in [0.717, 1.165) is 44.5 Å². The minimum atomic E-state index is -4.51. The van der Waals surface area contributed by atoms with Crippen LogP contribution in [-0.2, 0) is 15.8 Å². The van der Waals surface area contributed by atoms with Crippen molar-refractivity contribution < 1.29 is 27.5 Å². The monoisotopic (exact) mass is 449 g/mol. The molecule has 1 fully saturated rings. The second-order valence-electron chi connectivity index (χ2n) is 7.54. The van der Waals surface area contributed by atoms with Gasteiger partial charge in [-0.25, -0.2) is 0 Å². The van der Waals surface area contributed by atoms with Gasteiger partial charge in [0.05, 0.1) is 16.9 Å². The lowest BCUT2D eigenvalue weighted by Crippen LogP contribution is -2.31. The van der Waals surface area contributed by atoms with Crippen LogP contribution in [0.2, 0.25) is 0 Å². The summed E-state index contributed by atoms with van der Waals surface area (Å²) in [5.74, 6) is -0.380. The summed E-state index contributed by atoms with van der Waals surface area (Å²) in [7, 11) is 0. The third-order valence-corrected chi connectivity index (χ3v) is 5.10. The Morgan fingerprint density at radius 3 is 2.44 bits per heavy atom. The molecule has 2 amide bonds. The number of hydrogen-bond donors (Lipinski definition) is 2. The summed E-state index contributed by atoms with van der Waals surface area (Å²) >= 11 is 0. The van der Waals surface area contributed by atoms with Crippen LogP contribution in [0, 0.1) is 0 Å². The van der Waals surface area contributed by atoms with Gasteiger partial charge in [0.15, 0.2) is 6.61 Å². The molecule has 1 aliphatic rings. The van der Waals surface area contributed by atoms with E-state index in [2.05, 4.69) is 10.6 Å². The number of hydrogen-bond acceptors (Lipinski definition) is 4. The van der Waals surface area contributed by atoms with Crippen molar-refractivity contribution in [3.63, 3.8) is 0 Å². The molecule has 3 rings (SSSR count). The van der Waals surface area contributed by atoms with Crippen molar-refractivity contribution in [2.45, 2.75) is 38.8 Å². The number of benzene rings is 2. The predicted octanol–water partition coefficient (Wildman–Crippen LogP) is 5.06. The molecule has 1 aliphatic heterocycles. The van der Waals surface area contributed by atoms with Crippen molar-refractivity contribution >= 4 is 28.9 Å². The Balaban J connectivity index is 1.70. The smallest absolute Gasteiger partial charge is 0.416 e. The SMILES string of the molecule is CCC(=O)Nc1cccc(OCC(=O)Nc2cc(C(F)(F)F)ccc2N2CCCCC2)c1. The number of nitrogens with one attached hydrogen (secondary N) is 2. The van der Waals surface area contributed by atoms with Gasteiger partial charge in [0.1, 0.15) is 5.75 Å². The maximum Gasteiger partial charge on any atom is 0.416 e. The molecule has 0 bridgehead atoms. The van der Waals surface area contributed by atoms with E-state index in [1.54, 1.807) is 31.2 Å². The van der Waals surface area contributed by atoms with Crippen LogP contribution in [0.1, 0.15) is 38.2 Å². The van der Waals surface area contributed by atoms with Gasteiger partial charge in [-0.3, -0.25) is 9.59 Å². The Morgan fingerprint density at radius 2 is 1.75 bits per heavy atom. The zero-order valence-corrected chi connectivity index (χ0v) is 17.8. The average molecular weight is 449 g/mol. The Morgan fingerprint density at radius 1 is 1.00 bits per heavy atom. The van der Waals surface area contributed by atoms with Crippen LogP contribution in [-0.4, -0.2) is 31.5 Å². The molecule has 0 radical (unpaired) electrons. The van der Waals surface area contributed by atoms with Gasteiger partial charge in [0, 0.05) is 31.3 Å². The molecular formula is C23H26F3N3O3. The van der Waals surface area contributed by atoms with Gasteiger partial charge in [-0.15, -0.1) is 0 Å². The van der Waals surface area contributed by atoms with Crippen molar-refractivity contribution in [2.75, 3.05) is 35.2 Å². The molecule has 2 aromatic carbocycles. The number of carbonyl (C=O) groups excluding carboxylic acids is 2. The van der Waals surface area contributed by atoms with Crippen molar-refractivity contribution in [2.24, 2.45) is 0 Å². The lowest BCUT2D eigenvalue weighted by atomic mass is 10.1. The van der Waals surface area contributed by atoms with Crippen LogP contribution < -0.4 is 20.3 Å². The van der Waals surface area contributed by atoms with Crippen molar-refractivity contribution in [3.05, 3.63) is 48.0 Å². The standard InChI is InChI=1S/C23H26F3N3O3/c1-2-21(30)27-17-7-6-8-18(14-17)32-15-22(31)28-19-13-16(23(24,25)26)9-10-20(19)29-11-4-3-5-12-29/h6-10,13-14H,2-5,11-12,15H2,1H3,(H,27,30)(H,28,31). The summed E-state index contributed by atoms with van der Waals surface area (Å²) in [5.41, 5.74) is 0.378. The van der Waals surface area contributed by atoms with Gasteiger partial charge < -0.3 is 20.3 Å². The van der Waals surface area contributed by atoms with E-state index >= 15 is 0 Å². The lowest BCUT2D eigenvalue weighted by molar-refractivity contribution is -0.137. The normalized spacial score (nSPS) is 14.1. The van der Waals surface area contributed by atoms with E-state index in [1.165, 1.54) is 6.07 Å². The molecule has 1 heterocycles. The number of alkyl halides is 3. The summed E-state index contributed by atoms with van der Waals surface area (Å²) in [6.07, 6.45) is -1.22. The molecule has 0 unspecified atom stereocenters. The first kappa shape index (κ1) is 23.4. The van der Waals surface area contributed by atoms with Crippen molar-refractivity contribution in [1.29, 1.82) is 0 Å². The minimum absolute atomic E-state index is 0.110. The molecule has 2 N–H and O–H groups in total. The first-order valence-corrected chi connectivity index (χ1v) is 10.5. The Kier molecular flexibility index (Phi) is 7.61. The van der Waals surface area contributed by atoms with E-state index in [9.17, 15) is 22.8 Å². The van der Waals surface area contributed by atoms with Gasteiger partial charge >= 0.3 is 6.18 Å².